The number of esters is 1. The maximum atomic E-state index is 11.6. The number of halogens is 3. The van der Waals surface area contributed by atoms with E-state index in [1.165, 1.54) is 0 Å². The molecule has 0 aliphatic carbocycles. The smallest absolute Gasteiger partial charge is 0.389 e. The summed E-state index contributed by atoms with van der Waals surface area (Å²) in [5.74, 6) is -0.880. The van der Waals surface area contributed by atoms with E-state index < -0.39 is 25.0 Å². The Morgan fingerprint density at radius 3 is 2.50 bits per heavy atom. The molecule has 0 saturated carbocycles. The third-order valence-corrected chi connectivity index (χ3v) is 1.19. The Bertz CT molecular complexity index is 189. The normalized spacial score (nSPS) is 10.8. The van der Waals surface area contributed by atoms with Gasteiger partial charge in [-0.05, 0) is 0 Å². The Morgan fingerprint density at radius 1 is 1.36 bits per heavy atom. The molecule has 0 aromatic rings. The number of rotatable bonds is 6. The molecule has 0 unspecified atom stereocenters. The van der Waals surface area contributed by atoms with E-state index in [-0.39, 0.29) is 13.2 Å². The molecule has 0 saturated heterocycles. The molecule has 0 heterocycles. The largest absolute Gasteiger partial charge is 0.498 e. The van der Waals surface area contributed by atoms with E-state index in [0.29, 0.717) is 0 Å². The molecular weight excluding hydrogens is 201 g/mol. The van der Waals surface area contributed by atoms with Crippen LogP contribution in [0.5, 0.6) is 0 Å². The van der Waals surface area contributed by atoms with Crippen molar-refractivity contribution < 1.29 is 27.4 Å². The molecule has 82 valence electrons. The predicted octanol–water partition coefficient (Wildman–Crippen LogP) is 2.03. The molecule has 0 spiro atoms. The van der Waals surface area contributed by atoms with Crippen LogP contribution in [0.15, 0.2) is 12.8 Å². The van der Waals surface area contributed by atoms with Crippen LogP contribution in [0.3, 0.4) is 0 Å². The topological polar surface area (TPSA) is 35.5 Å². The van der Waals surface area contributed by atoms with E-state index in [4.69, 9.17) is 0 Å². The van der Waals surface area contributed by atoms with Crippen molar-refractivity contribution in [3.05, 3.63) is 12.8 Å². The Balaban J connectivity index is 3.42. The van der Waals surface area contributed by atoms with Crippen molar-refractivity contribution in [3.63, 3.8) is 0 Å². The third kappa shape index (κ3) is 8.89. The van der Waals surface area contributed by atoms with Gasteiger partial charge in [0.15, 0.2) is 0 Å². The second-order valence-electron chi connectivity index (χ2n) is 2.37. The van der Waals surface area contributed by atoms with Crippen molar-refractivity contribution in [1.29, 1.82) is 0 Å². The number of alkyl halides is 3. The van der Waals surface area contributed by atoms with Crippen molar-refractivity contribution in [3.8, 4) is 0 Å². The summed E-state index contributed by atoms with van der Waals surface area (Å²) in [4.78, 5) is 10.6. The van der Waals surface area contributed by atoms with Gasteiger partial charge in [0.1, 0.15) is 13.2 Å². The molecule has 0 rings (SSSR count). The zero-order chi connectivity index (χ0) is 11.0. The van der Waals surface area contributed by atoms with Gasteiger partial charge in [0.05, 0.1) is 19.1 Å². The second-order valence-corrected chi connectivity index (χ2v) is 2.37. The SMILES string of the molecule is C=COCCOC(=O)CCC(F)(F)F. The highest BCUT2D eigenvalue weighted by Crippen LogP contribution is 2.21. The Kier molecular flexibility index (Phi) is 5.74. The Morgan fingerprint density at radius 2 is 2.00 bits per heavy atom. The molecule has 0 aromatic carbocycles. The molecule has 0 aliphatic heterocycles. The lowest BCUT2D eigenvalue weighted by Crippen LogP contribution is -2.14. The van der Waals surface area contributed by atoms with Gasteiger partial charge in [-0.2, -0.15) is 13.2 Å². The zero-order valence-corrected chi connectivity index (χ0v) is 7.47. The van der Waals surface area contributed by atoms with E-state index in [1.54, 1.807) is 0 Å². The monoisotopic (exact) mass is 212 g/mol. The number of ether oxygens (including phenoxy) is 2. The first-order chi connectivity index (χ1) is 6.45. The minimum absolute atomic E-state index is 0.0668. The van der Waals surface area contributed by atoms with Gasteiger partial charge in [-0.15, -0.1) is 0 Å². The van der Waals surface area contributed by atoms with E-state index in [2.05, 4.69) is 16.1 Å². The first-order valence-electron chi connectivity index (χ1n) is 3.90. The summed E-state index contributed by atoms with van der Waals surface area (Å²) in [7, 11) is 0. The van der Waals surface area contributed by atoms with Gasteiger partial charge in [0.25, 0.3) is 0 Å². The van der Waals surface area contributed by atoms with Gasteiger partial charge in [-0.1, -0.05) is 6.58 Å². The van der Waals surface area contributed by atoms with Gasteiger partial charge in [0, 0.05) is 0 Å². The molecule has 14 heavy (non-hydrogen) atoms. The molecule has 0 atom stereocenters. The summed E-state index contributed by atoms with van der Waals surface area (Å²) in [6.45, 7) is 3.27. The van der Waals surface area contributed by atoms with Crippen LogP contribution < -0.4 is 0 Å². The molecular formula is C8H11F3O3. The molecule has 0 radical (unpaired) electrons. The summed E-state index contributed by atoms with van der Waals surface area (Å²) >= 11 is 0. The maximum Gasteiger partial charge on any atom is 0.389 e. The van der Waals surface area contributed by atoms with E-state index >= 15 is 0 Å². The third-order valence-electron chi connectivity index (χ3n) is 1.19. The highest BCUT2D eigenvalue weighted by atomic mass is 19.4. The van der Waals surface area contributed by atoms with Crippen LogP contribution in [0.2, 0.25) is 0 Å². The first-order valence-corrected chi connectivity index (χ1v) is 3.90. The average Bonchev–Trinajstić information content (AvgIpc) is 2.08. The highest BCUT2D eigenvalue weighted by Gasteiger charge is 2.28. The summed E-state index contributed by atoms with van der Waals surface area (Å²) in [5, 5.41) is 0. The Hall–Kier alpha value is -1.20. The summed E-state index contributed by atoms with van der Waals surface area (Å²) in [6.07, 6.45) is -4.98. The molecule has 0 aromatic heterocycles. The minimum atomic E-state index is -4.32. The second kappa shape index (κ2) is 6.28. The lowest BCUT2D eigenvalue weighted by Gasteiger charge is -2.06. The van der Waals surface area contributed by atoms with Crippen molar-refractivity contribution in [2.45, 2.75) is 19.0 Å². The number of carbonyl (C=O) groups excluding carboxylic acids is 1. The van der Waals surface area contributed by atoms with Crippen LogP contribution in [-0.2, 0) is 14.3 Å². The van der Waals surface area contributed by atoms with Gasteiger partial charge < -0.3 is 9.47 Å². The van der Waals surface area contributed by atoms with Crippen LogP contribution in [0.1, 0.15) is 12.8 Å². The Labute approximate surface area is 79.5 Å². The van der Waals surface area contributed by atoms with E-state index in [1.807, 2.05) is 0 Å². The minimum Gasteiger partial charge on any atom is -0.498 e. The summed E-state index contributed by atoms with van der Waals surface area (Å²) in [5.41, 5.74) is 0. The molecule has 0 aliphatic rings. The van der Waals surface area contributed by atoms with Crippen molar-refractivity contribution >= 4 is 5.97 Å². The van der Waals surface area contributed by atoms with E-state index in [9.17, 15) is 18.0 Å². The van der Waals surface area contributed by atoms with Gasteiger partial charge >= 0.3 is 12.1 Å². The fraction of sp³-hybridized carbons (Fsp3) is 0.625. The molecule has 0 amide bonds. The summed E-state index contributed by atoms with van der Waals surface area (Å²) < 4.78 is 43.9. The van der Waals surface area contributed by atoms with Crippen molar-refractivity contribution in [2.75, 3.05) is 13.2 Å². The number of hydrogen-bond donors (Lipinski definition) is 0. The number of hydrogen-bond acceptors (Lipinski definition) is 3. The van der Waals surface area contributed by atoms with Gasteiger partial charge in [-0.25, -0.2) is 0 Å². The van der Waals surface area contributed by atoms with Crippen molar-refractivity contribution in [2.24, 2.45) is 0 Å². The van der Waals surface area contributed by atoms with Crippen LogP contribution >= 0.6 is 0 Å². The molecule has 0 bridgehead atoms. The van der Waals surface area contributed by atoms with Crippen molar-refractivity contribution in [1.82, 2.24) is 0 Å². The fourth-order valence-corrected chi connectivity index (χ4v) is 0.603. The summed E-state index contributed by atoms with van der Waals surface area (Å²) in [6, 6.07) is 0. The lowest BCUT2D eigenvalue weighted by molar-refractivity contribution is -0.157. The molecule has 6 heteroatoms. The van der Waals surface area contributed by atoms with E-state index in [0.717, 1.165) is 6.26 Å². The quantitative estimate of drug-likeness (QED) is 0.384. The van der Waals surface area contributed by atoms with Crippen LogP contribution in [-0.4, -0.2) is 25.4 Å². The lowest BCUT2D eigenvalue weighted by atomic mass is 10.3. The highest BCUT2D eigenvalue weighted by molar-refractivity contribution is 5.69. The van der Waals surface area contributed by atoms with Gasteiger partial charge in [0.2, 0.25) is 0 Å². The van der Waals surface area contributed by atoms with Crippen LogP contribution in [0, 0.1) is 0 Å². The average molecular weight is 212 g/mol. The van der Waals surface area contributed by atoms with Gasteiger partial charge in [-0.3, -0.25) is 4.79 Å². The number of carbonyl (C=O) groups is 1. The molecule has 0 fully saturated rings. The fourth-order valence-electron chi connectivity index (χ4n) is 0.603. The van der Waals surface area contributed by atoms with Crippen LogP contribution in [0.4, 0.5) is 13.2 Å². The molecule has 3 nitrogen and oxygen atoms in total. The first kappa shape index (κ1) is 12.8. The van der Waals surface area contributed by atoms with Crippen LogP contribution in [0.25, 0.3) is 0 Å². The zero-order valence-electron chi connectivity index (χ0n) is 7.47. The standard InChI is InChI=1S/C8H11F3O3/c1-2-13-5-6-14-7(12)3-4-8(9,10)11/h2H,1,3-6H2. The molecule has 0 N–H and O–H groups in total. The maximum absolute atomic E-state index is 11.6. The predicted molar refractivity (Wildman–Crippen MR) is 42.4 cm³/mol.